The molecule has 0 radical (unpaired) electrons. The summed E-state index contributed by atoms with van der Waals surface area (Å²) in [6.45, 7) is 1.42. The number of halogens is 2. The number of rotatable bonds is 2. The molecule has 3 aromatic rings. The summed E-state index contributed by atoms with van der Waals surface area (Å²) in [6.07, 6.45) is 0. The number of fused-ring (bicyclic) bond motifs is 2. The second kappa shape index (κ2) is 5.40. The van der Waals surface area contributed by atoms with Crippen LogP contribution in [-0.2, 0) is 18.0 Å². The number of benzene rings is 2. The summed E-state index contributed by atoms with van der Waals surface area (Å²) in [5.74, 6) is 0. The number of hydrogen-bond acceptors (Lipinski definition) is 2. The van der Waals surface area contributed by atoms with Gasteiger partial charge in [0.2, 0.25) is 0 Å². The fraction of sp³-hybridized carbons (Fsp3) is 0.176. The number of ether oxygens (including phenoxy) is 1. The first-order chi connectivity index (χ1) is 10.2. The lowest BCUT2D eigenvalue weighted by atomic mass is 10.00. The minimum Gasteiger partial charge on any atom is -0.372 e. The van der Waals surface area contributed by atoms with E-state index in [9.17, 15) is 0 Å². The van der Waals surface area contributed by atoms with Gasteiger partial charge in [-0.15, -0.1) is 22.9 Å². The molecule has 0 spiro atoms. The Morgan fingerprint density at radius 1 is 1.14 bits per heavy atom. The summed E-state index contributed by atoms with van der Waals surface area (Å²) < 4.78 is 7.86. The Balaban J connectivity index is 1.79. The summed E-state index contributed by atoms with van der Waals surface area (Å²) in [6, 6.07) is 12.7. The molecule has 1 atom stereocenters. The van der Waals surface area contributed by atoms with E-state index in [4.69, 9.17) is 16.3 Å². The Hall–Kier alpha value is -0.870. The molecule has 106 valence electrons. The van der Waals surface area contributed by atoms with Crippen LogP contribution in [0.5, 0.6) is 0 Å². The standard InChI is InChI=1S/C17H12BrClOS/c18-15-3-1-2-13-14(9-21-17(13)15)16(19)10-4-5-11-7-20-8-12(11)6-10/h1-6,9,16H,7-8H2. The van der Waals surface area contributed by atoms with Gasteiger partial charge in [0.25, 0.3) is 0 Å². The molecule has 1 aliphatic rings. The summed E-state index contributed by atoms with van der Waals surface area (Å²) in [4.78, 5) is 0. The highest BCUT2D eigenvalue weighted by atomic mass is 79.9. The van der Waals surface area contributed by atoms with Gasteiger partial charge in [0.05, 0.1) is 18.6 Å². The highest BCUT2D eigenvalue weighted by Crippen LogP contribution is 2.40. The Kier molecular flexibility index (Phi) is 3.54. The van der Waals surface area contributed by atoms with E-state index in [2.05, 4.69) is 57.7 Å². The lowest BCUT2D eigenvalue weighted by molar-refractivity contribution is 0.134. The molecule has 21 heavy (non-hydrogen) atoms. The van der Waals surface area contributed by atoms with Crippen molar-refractivity contribution < 1.29 is 4.74 Å². The van der Waals surface area contributed by atoms with Gasteiger partial charge in [-0.05, 0) is 55.0 Å². The first-order valence-corrected chi connectivity index (χ1v) is 8.84. The molecule has 0 N–H and O–H groups in total. The van der Waals surface area contributed by atoms with Gasteiger partial charge in [-0.2, -0.15) is 0 Å². The molecule has 0 bridgehead atoms. The molecule has 1 aromatic heterocycles. The quantitative estimate of drug-likeness (QED) is 0.494. The minimum atomic E-state index is -0.126. The van der Waals surface area contributed by atoms with Crippen LogP contribution in [0.2, 0.25) is 0 Å². The number of alkyl halides is 1. The fourth-order valence-corrected chi connectivity index (χ4v) is 4.81. The molecule has 4 rings (SSSR count). The molecular formula is C17H12BrClOS. The Bertz CT molecular complexity index is 827. The van der Waals surface area contributed by atoms with Crippen molar-refractivity contribution in [2.45, 2.75) is 18.6 Å². The highest BCUT2D eigenvalue weighted by Gasteiger charge is 2.19. The van der Waals surface area contributed by atoms with E-state index >= 15 is 0 Å². The van der Waals surface area contributed by atoms with Crippen molar-refractivity contribution in [3.05, 3.63) is 68.5 Å². The average molecular weight is 380 g/mol. The van der Waals surface area contributed by atoms with Gasteiger partial charge in [-0.3, -0.25) is 0 Å². The van der Waals surface area contributed by atoms with Crippen molar-refractivity contribution in [3.63, 3.8) is 0 Å². The predicted octanol–water partition coefficient (Wildman–Crippen LogP) is 6.02. The minimum absolute atomic E-state index is 0.126. The molecule has 0 saturated carbocycles. The van der Waals surface area contributed by atoms with Crippen molar-refractivity contribution in [1.82, 2.24) is 0 Å². The van der Waals surface area contributed by atoms with Crippen molar-refractivity contribution >= 4 is 49.0 Å². The van der Waals surface area contributed by atoms with Crippen LogP contribution in [0, 0.1) is 0 Å². The summed E-state index contributed by atoms with van der Waals surface area (Å²) in [5, 5.41) is 3.27. The molecule has 1 unspecified atom stereocenters. The summed E-state index contributed by atoms with van der Waals surface area (Å²) in [7, 11) is 0. The maximum Gasteiger partial charge on any atom is 0.0849 e. The van der Waals surface area contributed by atoms with Gasteiger partial charge < -0.3 is 4.74 Å². The van der Waals surface area contributed by atoms with E-state index in [0.717, 1.165) is 16.6 Å². The Morgan fingerprint density at radius 2 is 2.00 bits per heavy atom. The van der Waals surface area contributed by atoms with E-state index in [0.29, 0.717) is 6.61 Å². The average Bonchev–Trinajstić information content (AvgIpc) is 3.13. The topological polar surface area (TPSA) is 9.23 Å². The van der Waals surface area contributed by atoms with Gasteiger partial charge >= 0.3 is 0 Å². The van der Waals surface area contributed by atoms with Crippen LogP contribution < -0.4 is 0 Å². The van der Waals surface area contributed by atoms with Crippen LogP contribution in [-0.4, -0.2) is 0 Å². The van der Waals surface area contributed by atoms with E-state index in [1.165, 1.54) is 26.8 Å². The zero-order valence-electron chi connectivity index (χ0n) is 11.1. The molecular weight excluding hydrogens is 368 g/mol. The summed E-state index contributed by atoms with van der Waals surface area (Å²) >= 11 is 12.1. The molecule has 0 amide bonds. The normalized spacial score (nSPS) is 15.3. The second-order valence-electron chi connectivity index (χ2n) is 5.19. The zero-order valence-corrected chi connectivity index (χ0v) is 14.3. The first-order valence-electron chi connectivity index (χ1n) is 6.73. The van der Waals surface area contributed by atoms with E-state index in [1.54, 1.807) is 11.3 Å². The van der Waals surface area contributed by atoms with Crippen LogP contribution in [0.15, 0.2) is 46.3 Å². The van der Waals surface area contributed by atoms with Crippen LogP contribution in [0.25, 0.3) is 10.1 Å². The molecule has 0 saturated heterocycles. The van der Waals surface area contributed by atoms with Gasteiger partial charge in [0.1, 0.15) is 0 Å². The lowest BCUT2D eigenvalue weighted by Gasteiger charge is -2.11. The highest BCUT2D eigenvalue weighted by molar-refractivity contribution is 9.10. The molecule has 2 heterocycles. The van der Waals surface area contributed by atoms with Gasteiger partial charge in [0, 0.05) is 9.17 Å². The predicted molar refractivity (Wildman–Crippen MR) is 92.2 cm³/mol. The number of hydrogen-bond donors (Lipinski definition) is 0. The van der Waals surface area contributed by atoms with Crippen LogP contribution >= 0.6 is 38.9 Å². The van der Waals surface area contributed by atoms with E-state index < -0.39 is 0 Å². The van der Waals surface area contributed by atoms with Gasteiger partial charge in [0.15, 0.2) is 0 Å². The zero-order chi connectivity index (χ0) is 14.4. The molecule has 1 nitrogen and oxygen atoms in total. The Morgan fingerprint density at radius 3 is 2.90 bits per heavy atom. The maximum atomic E-state index is 6.76. The third-order valence-electron chi connectivity index (χ3n) is 3.89. The molecule has 0 aliphatic carbocycles. The number of thiophene rings is 1. The van der Waals surface area contributed by atoms with Crippen molar-refractivity contribution in [2.75, 3.05) is 0 Å². The van der Waals surface area contributed by atoms with Crippen molar-refractivity contribution in [2.24, 2.45) is 0 Å². The maximum absolute atomic E-state index is 6.76. The van der Waals surface area contributed by atoms with Crippen LogP contribution in [0.1, 0.15) is 27.6 Å². The molecule has 2 aromatic carbocycles. The smallest absolute Gasteiger partial charge is 0.0849 e. The van der Waals surface area contributed by atoms with Gasteiger partial charge in [-0.25, -0.2) is 0 Å². The second-order valence-corrected chi connectivity index (χ2v) is 7.36. The largest absolute Gasteiger partial charge is 0.372 e. The van der Waals surface area contributed by atoms with Gasteiger partial charge in [-0.1, -0.05) is 30.3 Å². The molecule has 4 heteroatoms. The van der Waals surface area contributed by atoms with Crippen LogP contribution in [0.3, 0.4) is 0 Å². The third-order valence-corrected chi connectivity index (χ3v) is 6.35. The summed E-state index contributed by atoms with van der Waals surface area (Å²) in [5.41, 5.74) is 4.86. The lowest BCUT2D eigenvalue weighted by Crippen LogP contribution is -1.94. The fourth-order valence-electron chi connectivity index (χ4n) is 2.77. The third kappa shape index (κ3) is 2.33. The monoisotopic (exact) mass is 378 g/mol. The first kappa shape index (κ1) is 13.8. The van der Waals surface area contributed by atoms with Crippen molar-refractivity contribution in [1.29, 1.82) is 0 Å². The molecule has 1 aliphatic heterocycles. The van der Waals surface area contributed by atoms with Crippen LogP contribution in [0.4, 0.5) is 0 Å². The Labute approximate surface area is 140 Å². The SMILES string of the molecule is ClC(c1ccc2c(c1)COC2)c1csc2c(Br)cccc12. The van der Waals surface area contributed by atoms with E-state index in [1.807, 2.05) is 0 Å². The van der Waals surface area contributed by atoms with Crippen molar-refractivity contribution in [3.8, 4) is 0 Å². The molecule has 0 fully saturated rings. The van der Waals surface area contributed by atoms with E-state index in [-0.39, 0.29) is 5.38 Å².